The Morgan fingerprint density at radius 1 is 0.844 bits per heavy atom. The highest BCUT2D eigenvalue weighted by molar-refractivity contribution is 5.97. The Morgan fingerprint density at radius 2 is 1.78 bits per heavy atom. The van der Waals surface area contributed by atoms with Crippen molar-refractivity contribution < 1.29 is 4.74 Å². The van der Waals surface area contributed by atoms with Crippen LogP contribution in [0.5, 0.6) is 5.75 Å². The highest BCUT2D eigenvalue weighted by atomic mass is 16.5. The number of H-pyrrole nitrogens is 2. The van der Waals surface area contributed by atoms with Gasteiger partial charge in [0, 0.05) is 28.7 Å². The molecule has 4 aromatic heterocycles. The van der Waals surface area contributed by atoms with E-state index >= 15 is 0 Å². The van der Waals surface area contributed by atoms with E-state index in [-0.39, 0.29) is 0 Å². The fraction of sp³-hybridized carbons (Fsp3) is 0.0385. The quantitative estimate of drug-likeness (QED) is 0.374. The predicted octanol–water partition coefficient (Wildman–Crippen LogP) is 5.75. The average molecular weight is 417 g/mol. The molecule has 0 aliphatic heterocycles. The molecule has 4 heterocycles. The Balaban J connectivity index is 1.34. The number of rotatable bonds is 5. The Morgan fingerprint density at radius 3 is 2.69 bits per heavy atom. The summed E-state index contributed by atoms with van der Waals surface area (Å²) in [5.74, 6) is 0.737. The van der Waals surface area contributed by atoms with Gasteiger partial charge in [-0.05, 0) is 47.5 Å². The zero-order valence-electron chi connectivity index (χ0n) is 17.1. The molecule has 0 unspecified atom stereocenters. The summed E-state index contributed by atoms with van der Waals surface area (Å²) < 4.78 is 5.96. The van der Waals surface area contributed by atoms with Gasteiger partial charge in [-0.3, -0.25) is 10.1 Å². The molecule has 0 fully saturated rings. The van der Waals surface area contributed by atoms with Gasteiger partial charge in [-0.15, -0.1) is 0 Å². The third kappa shape index (κ3) is 3.37. The number of aromatic nitrogens is 5. The second kappa shape index (κ2) is 7.67. The number of hydrogen-bond acceptors (Lipinski definition) is 4. The molecule has 2 aromatic carbocycles. The molecule has 6 nitrogen and oxygen atoms in total. The molecule has 0 aliphatic rings. The van der Waals surface area contributed by atoms with E-state index in [2.05, 4.69) is 43.3 Å². The molecule has 0 radical (unpaired) electrons. The van der Waals surface area contributed by atoms with Gasteiger partial charge < -0.3 is 9.72 Å². The normalized spacial score (nSPS) is 11.2. The lowest BCUT2D eigenvalue weighted by Crippen LogP contribution is -1.95. The van der Waals surface area contributed by atoms with Crippen molar-refractivity contribution in [1.82, 2.24) is 25.1 Å². The summed E-state index contributed by atoms with van der Waals surface area (Å²) in [6.07, 6.45) is 5.37. The molecule has 6 aromatic rings. The van der Waals surface area contributed by atoms with Gasteiger partial charge in [0.25, 0.3) is 0 Å². The lowest BCUT2D eigenvalue weighted by Gasteiger charge is -2.08. The highest BCUT2D eigenvalue weighted by Crippen LogP contribution is 2.32. The molecule has 0 saturated carbocycles. The van der Waals surface area contributed by atoms with E-state index < -0.39 is 0 Å². The number of nitrogens with zero attached hydrogens (tertiary/aromatic N) is 3. The maximum absolute atomic E-state index is 5.96. The molecule has 0 bridgehead atoms. The summed E-state index contributed by atoms with van der Waals surface area (Å²) in [6.45, 7) is 0.505. The molecule has 6 heteroatoms. The minimum Gasteiger partial charge on any atom is -0.487 e. The molecule has 2 N–H and O–H groups in total. The summed E-state index contributed by atoms with van der Waals surface area (Å²) in [6, 6.07) is 24.4. The number of fused-ring (bicyclic) bond motifs is 2. The van der Waals surface area contributed by atoms with E-state index in [0.717, 1.165) is 55.8 Å². The molecule has 32 heavy (non-hydrogen) atoms. The smallest absolute Gasteiger partial charge is 0.138 e. The number of nitrogens with one attached hydrogen (secondary N) is 2. The Labute approximate surface area is 183 Å². The van der Waals surface area contributed by atoms with E-state index in [1.165, 1.54) is 0 Å². The minimum absolute atomic E-state index is 0.505. The van der Waals surface area contributed by atoms with Gasteiger partial charge in [0.2, 0.25) is 0 Å². The fourth-order valence-electron chi connectivity index (χ4n) is 3.88. The third-order valence-electron chi connectivity index (χ3n) is 5.50. The molecule has 0 spiro atoms. The number of pyridine rings is 2. The standard InChI is InChI=1S/C26H19N5O/c1-2-5-17(6-3-1)16-32-21-11-20(14-27-15-21)18-8-9-23-22(12-18)25(31-30-23)24-13-19-7-4-10-28-26(19)29-24/h1-15H,16H2,(H,28,29)(H,30,31). The number of aromatic amines is 2. The van der Waals surface area contributed by atoms with Crippen LogP contribution in [0.25, 0.3) is 44.5 Å². The molecule has 0 amide bonds. The van der Waals surface area contributed by atoms with Crippen LogP contribution in [-0.4, -0.2) is 25.1 Å². The number of hydrogen-bond donors (Lipinski definition) is 2. The Bertz CT molecular complexity index is 1500. The molecule has 6 rings (SSSR count). The van der Waals surface area contributed by atoms with Crippen LogP contribution in [0.4, 0.5) is 0 Å². The van der Waals surface area contributed by atoms with Crippen molar-refractivity contribution in [1.29, 1.82) is 0 Å². The van der Waals surface area contributed by atoms with Crippen molar-refractivity contribution in [2.45, 2.75) is 6.61 Å². The van der Waals surface area contributed by atoms with E-state index in [9.17, 15) is 0 Å². The maximum atomic E-state index is 5.96. The number of ether oxygens (including phenoxy) is 1. The largest absolute Gasteiger partial charge is 0.487 e. The predicted molar refractivity (Wildman–Crippen MR) is 125 cm³/mol. The Kier molecular flexibility index (Phi) is 4.39. The SMILES string of the molecule is c1ccc(COc2cncc(-c3ccc4[nH]nc(-c5cc6cccnc6[nH]5)c4c3)c2)cc1. The van der Waals surface area contributed by atoms with E-state index in [1.54, 1.807) is 12.4 Å². The summed E-state index contributed by atoms with van der Waals surface area (Å²) in [5.41, 5.74) is 6.77. The highest BCUT2D eigenvalue weighted by Gasteiger charge is 2.13. The van der Waals surface area contributed by atoms with Crippen LogP contribution < -0.4 is 4.74 Å². The van der Waals surface area contributed by atoms with Gasteiger partial charge in [0.15, 0.2) is 0 Å². The van der Waals surface area contributed by atoms with Gasteiger partial charge in [0.05, 0.1) is 17.4 Å². The van der Waals surface area contributed by atoms with Crippen LogP contribution >= 0.6 is 0 Å². The zero-order chi connectivity index (χ0) is 21.3. The summed E-state index contributed by atoms with van der Waals surface area (Å²) in [4.78, 5) is 12.1. The van der Waals surface area contributed by atoms with E-state index in [4.69, 9.17) is 4.74 Å². The topological polar surface area (TPSA) is 79.5 Å². The van der Waals surface area contributed by atoms with Crippen LogP contribution in [0.15, 0.2) is 91.4 Å². The van der Waals surface area contributed by atoms with Gasteiger partial charge >= 0.3 is 0 Å². The van der Waals surface area contributed by atoms with Gasteiger partial charge in [0.1, 0.15) is 23.7 Å². The minimum atomic E-state index is 0.505. The fourth-order valence-corrected chi connectivity index (χ4v) is 3.88. The van der Waals surface area contributed by atoms with Gasteiger partial charge in [-0.1, -0.05) is 36.4 Å². The van der Waals surface area contributed by atoms with Crippen molar-refractivity contribution in [2.24, 2.45) is 0 Å². The molecule has 0 saturated heterocycles. The van der Waals surface area contributed by atoms with Gasteiger partial charge in [-0.25, -0.2) is 4.98 Å². The molecular weight excluding hydrogens is 398 g/mol. The van der Waals surface area contributed by atoms with Crippen molar-refractivity contribution in [3.8, 4) is 28.3 Å². The van der Waals surface area contributed by atoms with Crippen LogP contribution in [0.2, 0.25) is 0 Å². The average Bonchev–Trinajstić information content (AvgIpc) is 3.47. The van der Waals surface area contributed by atoms with Crippen LogP contribution in [-0.2, 0) is 6.61 Å². The maximum Gasteiger partial charge on any atom is 0.138 e. The van der Waals surface area contributed by atoms with Crippen molar-refractivity contribution in [3.63, 3.8) is 0 Å². The van der Waals surface area contributed by atoms with E-state index in [1.807, 2.05) is 60.8 Å². The van der Waals surface area contributed by atoms with E-state index in [0.29, 0.717) is 6.61 Å². The summed E-state index contributed by atoms with van der Waals surface area (Å²) >= 11 is 0. The lowest BCUT2D eigenvalue weighted by atomic mass is 10.0. The number of benzene rings is 2. The first-order valence-corrected chi connectivity index (χ1v) is 10.4. The van der Waals surface area contributed by atoms with Crippen LogP contribution in [0, 0.1) is 0 Å². The first-order chi connectivity index (χ1) is 15.8. The Hall–Kier alpha value is -4.45. The van der Waals surface area contributed by atoms with Crippen molar-refractivity contribution >= 4 is 21.9 Å². The third-order valence-corrected chi connectivity index (χ3v) is 5.50. The summed E-state index contributed by atoms with van der Waals surface area (Å²) in [5, 5.41) is 9.77. The first kappa shape index (κ1) is 18.3. The van der Waals surface area contributed by atoms with Crippen LogP contribution in [0.1, 0.15) is 5.56 Å². The second-order valence-corrected chi connectivity index (χ2v) is 7.64. The molecular formula is C26H19N5O. The monoisotopic (exact) mass is 417 g/mol. The lowest BCUT2D eigenvalue weighted by molar-refractivity contribution is 0.305. The zero-order valence-corrected chi connectivity index (χ0v) is 17.1. The first-order valence-electron chi connectivity index (χ1n) is 10.4. The van der Waals surface area contributed by atoms with Gasteiger partial charge in [-0.2, -0.15) is 5.10 Å². The molecule has 154 valence electrons. The summed E-state index contributed by atoms with van der Waals surface area (Å²) in [7, 11) is 0. The van der Waals surface area contributed by atoms with Crippen LogP contribution in [0.3, 0.4) is 0 Å². The molecule has 0 atom stereocenters. The van der Waals surface area contributed by atoms with Crippen molar-refractivity contribution in [2.75, 3.05) is 0 Å². The molecule has 0 aliphatic carbocycles. The van der Waals surface area contributed by atoms with Crippen molar-refractivity contribution in [3.05, 3.63) is 97.0 Å². The second-order valence-electron chi connectivity index (χ2n) is 7.64.